The maximum Gasteiger partial charge on any atom is 0.0641 e. The van der Waals surface area contributed by atoms with Crippen LogP contribution in [0.3, 0.4) is 0 Å². The second-order valence-corrected chi connectivity index (χ2v) is 6.04. The van der Waals surface area contributed by atoms with Crippen molar-refractivity contribution in [2.45, 2.75) is 37.2 Å². The Morgan fingerprint density at radius 2 is 2.06 bits per heavy atom. The van der Waals surface area contributed by atoms with Gasteiger partial charge < -0.3 is 9.84 Å². The summed E-state index contributed by atoms with van der Waals surface area (Å²) in [6.07, 6.45) is 3.55. The summed E-state index contributed by atoms with van der Waals surface area (Å²) in [5.74, 6) is 0. The minimum absolute atomic E-state index is 0.0599. The van der Waals surface area contributed by atoms with Gasteiger partial charge in [0.2, 0.25) is 0 Å². The number of fused-ring (bicyclic) bond motifs is 2. The summed E-state index contributed by atoms with van der Waals surface area (Å²) in [4.78, 5) is 0. The lowest BCUT2D eigenvalue weighted by molar-refractivity contribution is -0.0237. The average molecular weight is 297 g/mol. The van der Waals surface area contributed by atoms with E-state index in [9.17, 15) is 5.11 Å². The number of aliphatic hydroxyl groups excluding tert-OH is 1. The number of aliphatic hydroxyl groups is 1. The zero-order valence-corrected chi connectivity index (χ0v) is 11.4. The second kappa shape index (κ2) is 4.38. The summed E-state index contributed by atoms with van der Waals surface area (Å²) in [5, 5.41) is 10.5. The van der Waals surface area contributed by atoms with E-state index >= 15 is 0 Å². The molecule has 1 saturated heterocycles. The Morgan fingerprint density at radius 1 is 1.29 bits per heavy atom. The highest BCUT2D eigenvalue weighted by atomic mass is 79.9. The third kappa shape index (κ3) is 1.85. The van der Waals surface area contributed by atoms with Crippen molar-refractivity contribution in [2.24, 2.45) is 0 Å². The molecule has 2 aliphatic rings. The van der Waals surface area contributed by atoms with Crippen molar-refractivity contribution < 1.29 is 9.84 Å². The Morgan fingerprint density at radius 3 is 2.82 bits per heavy atom. The molecular weight excluding hydrogens is 280 g/mol. The fraction of sp³-hybridized carbons (Fsp3) is 0.571. The van der Waals surface area contributed by atoms with Gasteiger partial charge in [-0.25, -0.2) is 0 Å². The Bertz CT molecular complexity index is 424. The summed E-state index contributed by atoms with van der Waals surface area (Å²) in [6, 6.07) is 6.50. The molecule has 92 valence electrons. The molecule has 1 aliphatic carbocycles. The van der Waals surface area contributed by atoms with Gasteiger partial charge in [-0.1, -0.05) is 22.0 Å². The van der Waals surface area contributed by atoms with Gasteiger partial charge >= 0.3 is 0 Å². The highest BCUT2D eigenvalue weighted by molar-refractivity contribution is 9.10. The van der Waals surface area contributed by atoms with Gasteiger partial charge in [-0.2, -0.15) is 0 Å². The van der Waals surface area contributed by atoms with Crippen LogP contribution in [0.15, 0.2) is 22.7 Å². The molecule has 1 aromatic rings. The Kier molecular flexibility index (Phi) is 3.01. The van der Waals surface area contributed by atoms with Gasteiger partial charge in [0.15, 0.2) is 0 Å². The van der Waals surface area contributed by atoms with E-state index in [2.05, 4.69) is 34.1 Å². The van der Waals surface area contributed by atoms with Crippen LogP contribution >= 0.6 is 15.9 Å². The first-order valence-electron chi connectivity index (χ1n) is 6.27. The van der Waals surface area contributed by atoms with Crippen molar-refractivity contribution in [3.8, 4) is 0 Å². The summed E-state index contributed by atoms with van der Waals surface area (Å²) in [6.45, 7) is 1.53. The summed E-state index contributed by atoms with van der Waals surface area (Å²) < 4.78 is 6.58. The van der Waals surface area contributed by atoms with E-state index in [1.165, 1.54) is 11.1 Å². The third-order valence-corrected chi connectivity index (χ3v) is 4.81. The van der Waals surface area contributed by atoms with Crippen LogP contribution in [0.1, 0.15) is 30.4 Å². The Balaban J connectivity index is 2.11. The minimum atomic E-state index is -0.215. The number of benzene rings is 1. The van der Waals surface area contributed by atoms with E-state index in [4.69, 9.17) is 4.74 Å². The molecule has 0 amide bonds. The number of halogens is 1. The zero-order valence-electron chi connectivity index (χ0n) is 9.79. The van der Waals surface area contributed by atoms with Crippen LogP contribution < -0.4 is 0 Å². The van der Waals surface area contributed by atoms with Crippen molar-refractivity contribution in [1.82, 2.24) is 0 Å². The monoisotopic (exact) mass is 296 g/mol. The summed E-state index contributed by atoms with van der Waals surface area (Å²) in [7, 11) is 0. The maximum absolute atomic E-state index is 10.5. The van der Waals surface area contributed by atoms with Gasteiger partial charge in [-0.15, -0.1) is 0 Å². The van der Waals surface area contributed by atoms with Crippen molar-refractivity contribution in [3.63, 3.8) is 0 Å². The molecule has 1 heterocycles. The fourth-order valence-electron chi connectivity index (χ4n) is 3.32. The molecule has 0 aromatic heterocycles. The standard InChI is InChI=1S/C14H17BrO2/c15-11-3-1-10-2-4-13(16)14(12(10)9-11)5-7-17-8-6-14/h1,3,9,13,16H,2,4-8H2. The van der Waals surface area contributed by atoms with E-state index in [1.807, 2.05) is 0 Å². The zero-order chi connectivity index (χ0) is 11.9. The number of ether oxygens (including phenoxy) is 1. The van der Waals surface area contributed by atoms with Gasteiger partial charge in [-0.05, 0) is 48.9 Å². The molecule has 2 nitrogen and oxygen atoms in total. The molecule has 1 N–H and O–H groups in total. The van der Waals surface area contributed by atoms with Gasteiger partial charge in [0.1, 0.15) is 0 Å². The normalized spacial score (nSPS) is 26.8. The maximum atomic E-state index is 10.5. The molecule has 1 unspecified atom stereocenters. The average Bonchev–Trinajstić information content (AvgIpc) is 2.36. The summed E-state index contributed by atoms with van der Waals surface area (Å²) >= 11 is 3.55. The second-order valence-electron chi connectivity index (χ2n) is 5.12. The van der Waals surface area contributed by atoms with Gasteiger partial charge in [0.25, 0.3) is 0 Å². The molecule has 1 spiro atoms. The van der Waals surface area contributed by atoms with Gasteiger partial charge in [-0.3, -0.25) is 0 Å². The van der Waals surface area contributed by atoms with E-state index in [-0.39, 0.29) is 11.5 Å². The van der Waals surface area contributed by atoms with Crippen LogP contribution in [0.25, 0.3) is 0 Å². The van der Waals surface area contributed by atoms with Crippen LogP contribution in [-0.2, 0) is 16.6 Å². The molecule has 3 rings (SSSR count). The first-order valence-corrected chi connectivity index (χ1v) is 7.06. The molecule has 0 saturated carbocycles. The van der Waals surface area contributed by atoms with Crippen molar-refractivity contribution in [3.05, 3.63) is 33.8 Å². The van der Waals surface area contributed by atoms with E-state index in [1.54, 1.807) is 0 Å². The van der Waals surface area contributed by atoms with Crippen LogP contribution in [0, 0.1) is 0 Å². The third-order valence-electron chi connectivity index (χ3n) is 4.32. The Labute approximate surface area is 110 Å². The van der Waals surface area contributed by atoms with Crippen LogP contribution in [0.5, 0.6) is 0 Å². The van der Waals surface area contributed by atoms with Gasteiger partial charge in [0, 0.05) is 23.1 Å². The SMILES string of the molecule is OC1CCc2ccc(Br)cc2C12CCOCC2. The minimum Gasteiger partial charge on any atom is -0.392 e. The molecule has 1 atom stereocenters. The first-order chi connectivity index (χ1) is 8.22. The van der Waals surface area contributed by atoms with Crippen molar-refractivity contribution in [1.29, 1.82) is 0 Å². The van der Waals surface area contributed by atoms with E-state index < -0.39 is 0 Å². The summed E-state index contributed by atoms with van der Waals surface area (Å²) in [5.41, 5.74) is 2.68. The van der Waals surface area contributed by atoms with Crippen LogP contribution in [0.4, 0.5) is 0 Å². The molecule has 1 fully saturated rings. The smallest absolute Gasteiger partial charge is 0.0641 e. The lowest BCUT2D eigenvalue weighted by Crippen LogP contribution is -2.47. The van der Waals surface area contributed by atoms with Crippen LogP contribution in [0.2, 0.25) is 0 Å². The lowest BCUT2D eigenvalue weighted by Gasteiger charge is -2.45. The van der Waals surface area contributed by atoms with Crippen LogP contribution in [-0.4, -0.2) is 24.4 Å². The number of hydrogen-bond acceptors (Lipinski definition) is 2. The molecule has 3 heteroatoms. The highest BCUT2D eigenvalue weighted by Crippen LogP contribution is 2.45. The van der Waals surface area contributed by atoms with Crippen molar-refractivity contribution >= 4 is 15.9 Å². The highest BCUT2D eigenvalue weighted by Gasteiger charge is 2.44. The van der Waals surface area contributed by atoms with Gasteiger partial charge in [0.05, 0.1) is 6.10 Å². The topological polar surface area (TPSA) is 29.5 Å². The number of aryl methyl sites for hydroxylation is 1. The largest absolute Gasteiger partial charge is 0.392 e. The predicted octanol–water partition coefficient (Wildman–Crippen LogP) is 2.80. The number of hydrogen-bond donors (Lipinski definition) is 1. The van der Waals surface area contributed by atoms with E-state index in [0.717, 1.165) is 43.4 Å². The molecule has 0 radical (unpaired) electrons. The quantitative estimate of drug-likeness (QED) is 0.798. The fourth-order valence-corrected chi connectivity index (χ4v) is 3.68. The molecule has 0 bridgehead atoms. The lowest BCUT2D eigenvalue weighted by atomic mass is 9.64. The first kappa shape index (κ1) is 11.7. The number of rotatable bonds is 0. The Hall–Kier alpha value is -0.380. The van der Waals surface area contributed by atoms with E-state index in [0.29, 0.717) is 0 Å². The van der Waals surface area contributed by atoms with Crippen molar-refractivity contribution in [2.75, 3.05) is 13.2 Å². The molecular formula is C14H17BrO2. The molecule has 17 heavy (non-hydrogen) atoms. The predicted molar refractivity (Wildman–Crippen MR) is 70.2 cm³/mol. The molecule has 1 aliphatic heterocycles. The molecule has 1 aromatic carbocycles.